The fraction of sp³-hybridized carbons (Fsp3) is 0.667. The first-order chi connectivity index (χ1) is 8.04. The van der Waals surface area contributed by atoms with Crippen LogP contribution in [-0.2, 0) is 4.74 Å². The first-order valence-electron chi connectivity index (χ1n) is 6.53. The predicted molar refractivity (Wildman–Crippen MR) is 91.7 cm³/mol. The Hall–Kier alpha value is -0.820. The Morgan fingerprint density at radius 1 is 0.737 bits per heavy atom. The van der Waals surface area contributed by atoms with Gasteiger partial charge in [-0.2, -0.15) is 0 Å². The summed E-state index contributed by atoms with van der Waals surface area (Å²) in [6.45, 7) is 11.8. The first-order valence-corrected chi connectivity index (χ1v) is 6.53. The van der Waals surface area contributed by atoms with E-state index in [9.17, 15) is 0 Å². The highest BCUT2D eigenvalue weighted by molar-refractivity contribution is 4.99. The smallest absolute Gasteiger partial charge is 0.0485 e. The van der Waals surface area contributed by atoms with Gasteiger partial charge in [-0.1, -0.05) is 92.3 Å². The third kappa shape index (κ3) is 38.2. The standard InChI is InChI=1S/C6H6.C5H12O.C5H12.2CH4/c1-2-4-6-5-3-1;1-5(2)4-6-3;1-4-5(2)3;;/h1-6H;5H,4H2,1-3H3;5H,4H2,1-3H3;2*1H4. The summed E-state index contributed by atoms with van der Waals surface area (Å²) in [5, 5.41) is 0. The Morgan fingerprint density at radius 2 is 1.00 bits per heavy atom. The number of hydrogen-bond donors (Lipinski definition) is 0. The molecule has 0 aliphatic heterocycles. The van der Waals surface area contributed by atoms with E-state index in [0.717, 1.165) is 12.5 Å². The molecule has 1 nitrogen and oxygen atoms in total. The molecule has 0 aromatic heterocycles. The lowest BCUT2D eigenvalue weighted by atomic mass is 10.2. The van der Waals surface area contributed by atoms with Crippen LogP contribution in [0.15, 0.2) is 36.4 Å². The zero-order valence-electron chi connectivity index (χ0n) is 12.4. The van der Waals surface area contributed by atoms with Gasteiger partial charge in [-0.15, -0.1) is 0 Å². The summed E-state index contributed by atoms with van der Waals surface area (Å²) in [4.78, 5) is 0. The number of benzene rings is 1. The van der Waals surface area contributed by atoms with Crippen molar-refractivity contribution in [3.8, 4) is 0 Å². The minimum Gasteiger partial charge on any atom is -0.384 e. The maximum Gasteiger partial charge on any atom is 0.0485 e. The Labute approximate surface area is 123 Å². The first kappa shape index (κ1) is 26.7. The Bertz CT molecular complexity index is 177. The molecule has 1 rings (SSSR count). The third-order valence-corrected chi connectivity index (χ3v) is 1.98. The van der Waals surface area contributed by atoms with Crippen molar-refractivity contribution in [3.63, 3.8) is 0 Å². The lowest BCUT2D eigenvalue weighted by Crippen LogP contribution is -1.96. The van der Waals surface area contributed by atoms with Gasteiger partial charge in [0, 0.05) is 13.7 Å². The van der Waals surface area contributed by atoms with E-state index in [1.54, 1.807) is 7.11 Å². The van der Waals surface area contributed by atoms with Gasteiger partial charge in [-0.25, -0.2) is 0 Å². The van der Waals surface area contributed by atoms with E-state index < -0.39 is 0 Å². The third-order valence-electron chi connectivity index (χ3n) is 1.98. The molecule has 0 fully saturated rings. The second kappa shape index (κ2) is 22.4. The minimum atomic E-state index is 0. The van der Waals surface area contributed by atoms with Crippen molar-refractivity contribution < 1.29 is 4.74 Å². The molecule has 0 bridgehead atoms. The zero-order valence-corrected chi connectivity index (χ0v) is 12.4. The lowest BCUT2D eigenvalue weighted by molar-refractivity contribution is 0.167. The van der Waals surface area contributed by atoms with Crippen molar-refractivity contribution in [1.82, 2.24) is 0 Å². The molecule has 1 aromatic carbocycles. The van der Waals surface area contributed by atoms with Crippen molar-refractivity contribution in [2.45, 2.75) is 55.9 Å². The SMILES string of the molecule is C.C.CCC(C)C.COCC(C)C.c1ccccc1. The van der Waals surface area contributed by atoms with E-state index in [-0.39, 0.29) is 14.9 Å². The van der Waals surface area contributed by atoms with Gasteiger partial charge in [0.05, 0.1) is 0 Å². The largest absolute Gasteiger partial charge is 0.384 e. The molecule has 0 unspecified atom stereocenters. The normalized spacial score (nSPS) is 8.21. The minimum absolute atomic E-state index is 0. The van der Waals surface area contributed by atoms with Gasteiger partial charge in [-0.05, 0) is 11.8 Å². The number of rotatable bonds is 3. The van der Waals surface area contributed by atoms with Crippen LogP contribution in [0.2, 0.25) is 0 Å². The number of methoxy groups -OCH3 is 1. The van der Waals surface area contributed by atoms with Crippen molar-refractivity contribution in [3.05, 3.63) is 36.4 Å². The van der Waals surface area contributed by atoms with Gasteiger partial charge >= 0.3 is 0 Å². The summed E-state index contributed by atoms with van der Waals surface area (Å²) in [6, 6.07) is 12.0. The summed E-state index contributed by atoms with van der Waals surface area (Å²) in [6.07, 6.45) is 1.31. The molecule has 0 N–H and O–H groups in total. The maximum atomic E-state index is 4.80. The molecule has 1 heteroatoms. The van der Waals surface area contributed by atoms with Crippen LogP contribution in [0.5, 0.6) is 0 Å². The summed E-state index contributed by atoms with van der Waals surface area (Å²) >= 11 is 0. The van der Waals surface area contributed by atoms with Crippen LogP contribution in [0, 0.1) is 11.8 Å². The van der Waals surface area contributed by atoms with E-state index in [0.29, 0.717) is 5.92 Å². The number of ether oxygens (including phenoxy) is 1. The Morgan fingerprint density at radius 3 is 1.05 bits per heavy atom. The van der Waals surface area contributed by atoms with Crippen molar-refractivity contribution in [1.29, 1.82) is 0 Å². The Balaban J connectivity index is -0.0000000849. The van der Waals surface area contributed by atoms with Gasteiger partial charge < -0.3 is 4.74 Å². The van der Waals surface area contributed by atoms with E-state index in [4.69, 9.17) is 4.74 Å². The predicted octanol–water partition coefficient (Wildman–Crippen LogP) is 6.30. The monoisotopic (exact) mass is 270 g/mol. The molecule has 0 spiro atoms. The maximum absolute atomic E-state index is 4.80. The van der Waals surface area contributed by atoms with Gasteiger partial charge in [0.15, 0.2) is 0 Å². The highest BCUT2D eigenvalue weighted by atomic mass is 16.5. The summed E-state index contributed by atoms with van der Waals surface area (Å²) in [7, 11) is 1.72. The van der Waals surface area contributed by atoms with Crippen LogP contribution >= 0.6 is 0 Å². The molecule has 0 heterocycles. The highest BCUT2D eigenvalue weighted by Gasteiger charge is 1.85. The number of hydrogen-bond acceptors (Lipinski definition) is 1. The van der Waals surface area contributed by atoms with Crippen LogP contribution < -0.4 is 0 Å². The fourth-order valence-corrected chi connectivity index (χ4v) is 0.718. The molecule has 0 aliphatic rings. The topological polar surface area (TPSA) is 9.23 Å². The molecule has 1 aromatic rings. The molecule has 0 saturated carbocycles. The molecule has 0 saturated heterocycles. The van der Waals surface area contributed by atoms with Crippen LogP contribution in [-0.4, -0.2) is 13.7 Å². The zero-order chi connectivity index (χ0) is 13.5. The Kier molecular flexibility index (Phi) is 31.4. The molecular formula is C18H38O. The van der Waals surface area contributed by atoms with E-state index >= 15 is 0 Å². The van der Waals surface area contributed by atoms with Crippen molar-refractivity contribution in [2.75, 3.05) is 13.7 Å². The van der Waals surface area contributed by atoms with E-state index in [1.807, 2.05) is 36.4 Å². The molecule has 0 radical (unpaired) electrons. The van der Waals surface area contributed by atoms with Crippen molar-refractivity contribution >= 4 is 0 Å². The van der Waals surface area contributed by atoms with E-state index in [2.05, 4.69) is 34.6 Å². The second-order valence-electron chi connectivity index (χ2n) is 4.81. The van der Waals surface area contributed by atoms with Gasteiger partial charge in [0.25, 0.3) is 0 Å². The molecule has 0 atom stereocenters. The highest BCUT2D eigenvalue weighted by Crippen LogP contribution is 1.93. The van der Waals surface area contributed by atoms with Crippen LogP contribution in [0.1, 0.15) is 55.9 Å². The van der Waals surface area contributed by atoms with Gasteiger partial charge in [0.2, 0.25) is 0 Å². The van der Waals surface area contributed by atoms with Crippen LogP contribution in [0.3, 0.4) is 0 Å². The summed E-state index contributed by atoms with van der Waals surface area (Å²) in [5.74, 6) is 1.56. The molecule has 19 heavy (non-hydrogen) atoms. The molecule has 0 amide bonds. The van der Waals surface area contributed by atoms with Crippen molar-refractivity contribution in [2.24, 2.45) is 11.8 Å². The van der Waals surface area contributed by atoms with Gasteiger partial charge in [-0.3, -0.25) is 0 Å². The lowest BCUT2D eigenvalue weighted by Gasteiger charge is -1.97. The van der Waals surface area contributed by atoms with Crippen LogP contribution in [0.25, 0.3) is 0 Å². The molecule has 0 aliphatic carbocycles. The summed E-state index contributed by atoms with van der Waals surface area (Å²) < 4.78 is 4.80. The molecule has 116 valence electrons. The summed E-state index contributed by atoms with van der Waals surface area (Å²) in [5.41, 5.74) is 0. The van der Waals surface area contributed by atoms with E-state index in [1.165, 1.54) is 6.42 Å². The quantitative estimate of drug-likeness (QED) is 0.626. The second-order valence-corrected chi connectivity index (χ2v) is 4.81. The average Bonchev–Trinajstić information content (AvgIpc) is 2.32. The van der Waals surface area contributed by atoms with Crippen LogP contribution in [0.4, 0.5) is 0 Å². The van der Waals surface area contributed by atoms with Gasteiger partial charge in [0.1, 0.15) is 0 Å². The average molecular weight is 271 g/mol. The fourth-order valence-electron chi connectivity index (χ4n) is 0.718. The molecular weight excluding hydrogens is 232 g/mol.